The Balaban J connectivity index is 2.34. The monoisotopic (exact) mass is 377 g/mol. The highest BCUT2D eigenvalue weighted by atomic mass is 79.9. The van der Waals surface area contributed by atoms with E-state index in [9.17, 15) is 8.42 Å². The summed E-state index contributed by atoms with van der Waals surface area (Å²) in [5, 5.41) is 6.12. The first-order valence-corrected chi connectivity index (χ1v) is 9.04. The Morgan fingerprint density at radius 3 is 2.55 bits per heavy atom. The van der Waals surface area contributed by atoms with Gasteiger partial charge in [0.1, 0.15) is 4.90 Å². The van der Waals surface area contributed by atoms with E-state index in [4.69, 9.17) is 0 Å². The van der Waals surface area contributed by atoms with Crippen LogP contribution in [0.1, 0.15) is 17.0 Å². The molecule has 0 unspecified atom stereocenters. The molecule has 0 saturated carbocycles. The van der Waals surface area contributed by atoms with E-state index in [2.05, 4.69) is 21.0 Å². The molecule has 8 heteroatoms. The molecule has 2 rings (SSSR count). The number of hydrogen-bond donors (Lipinski definition) is 0. The Labute approximate surface area is 131 Å². The third-order valence-corrected chi connectivity index (χ3v) is 6.75. The topological polar surface area (TPSA) is 55.2 Å². The highest BCUT2D eigenvalue weighted by molar-refractivity contribution is 9.11. The summed E-state index contributed by atoms with van der Waals surface area (Å²) in [6.07, 6.45) is 0. The third-order valence-electron chi connectivity index (χ3n) is 3.14. The first kappa shape index (κ1) is 15.7. The summed E-state index contributed by atoms with van der Waals surface area (Å²) < 4.78 is 29.3. The molecule has 0 atom stereocenters. The van der Waals surface area contributed by atoms with Gasteiger partial charge in [-0.2, -0.15) is 9.40 Å². The van der Waals surface area contributed by atoms with E-state index in [-0.39, 0.29) is 0 Å². The molecule has 2 heterocycles. The van der Waals surface area contributed by atoms with Crippen molar-refractivity contribution in [2.24, 2.45) is 7.05 Å². The lowest BCUT2D eigenvalue weighted by Crippen LogP contribution is -2.27. The van der Waals surface area contributed by atoms with Crippen molar-refractivity contribution in [3.8, 4) is 0 Å². The molecule has 0 aliphatic heterocycles. The minimum absolute atomic E-state index is 0.303. The molecule has 0 N–H and O–H groups in total. The Morgan fingerprint density at radius 2 is 2.10 bits per heavy atom. The maximum absolute atomic E-state index is 12.7. The van der Waals surface area contributed by atoms with Crippen LogP contribution < -0.4 is 0 Å². The van der Waals surface area contributed by atoms with Gasteiger partial charge in [0.2, 0.25) is 10.0 Å². The van der Waals surface area contributed by atoms with Gasteiger partial charge in [0.05, 0.1) is 15.2 Å². The number of hydrogen-bond acceptors (Lipinski definition) is 4. The van der Waals surface area contributed by atoms with E-state index in [1.165, 1.54) is 4.31 Å². The van der Waals surface area contributed by atoms with Crippen molar-refractivity contribution < 1.29 is 8.42 Å². The normalized spacial score (nSPS) is 12.3. The number of rotatable bonds is 4. The molecule has 0 saturated heterocycles. The van der Waals surface area contributed by atoms with Crippen LogP contribution in [0.3, 0.4) is 0 Å². The molecule has 2 aromatic heterocycles. The van der Waals surface area contributed by atoms with E-state index in [0.29, 0.717) is 22.8 Å². The zero-order chi connectivity index (χ0) is 15.1. The Kier molecular flexibility index (Phi) is 4.38. The minimum atomic E-state index is -3.53. The second-order valence-electron chi connectivity index (χ2n) is 4.64. The zero-order valence-corrected chi connectivity index (χ0v) is 14.9. The molecule has 0 spiro atoms. The van der Waals surface area contributed by atoms with Crippen molar-refractivity contribution in [3.63, 3.8) is 0 Å². The average Bonchev–Trinajstić information content (AvgIpc) is 2.84. The van der Waals surface area contributed by atoms with Crippen LogP contribution in [0.15, 0.2) is 20.1 Å². The molecule has 0 aliphatic carbocycles. The summed E-state index contributed by atoms with van der Waals surface area (Å²) >= 11 is 4.92. The summed E-state index contributed by atoms with van der Waals surface area (Å²) in [6, 6.07) is 1.93. The molecule has 0 aromatic carbocycles. The summed E-state index contributed by atoms with van der Waals surface area (Å²) in [5.41, 5.74) is 2.15. The Morgan fingerprint density at radius 1 is 1.45 bits per heavy atom. The Hall–Kier alpha value is -0.700. The van der Waals surface area contributed by atoms with Crippen LogP contribution in [-0.4, -0.2) is 29.6 Å². The maximum Gasteiger partial charge on any atom is 0.246 e. The van der Waals surface area contributed by atoms with Gasteiger partial charge < -0.3 is 0 Å². The molecule has 5 nitrogen and oxygen atoms in total. The van der Waals surface area contributed by atoms with Crippen LogP contribution in [0.5, 0.6) is 0 Å². The number of aromatic nitrogens is 2. The fourth-order valence-corrected chi connectivity index (χ4v) is 4.80. The second-order valence-corrected chi connectivity index (χ2v) is 8.92. The van der Waals surface area contributed by atoms with E-state index in [1.54, 1.807) is 44.0 Å². The van der Waals surface area contributed by atoms with Gasteiger partial charge in [-0.15, -0.1) is 11.3 Å². The van der Waals surface area contributed by atoms with Gasteiger partial charge in [-0.25, -0.2) is 8.42 Å². The third kappa shape index (κ3) is 2.83. The number of thiophene rings is 1. The van der Waals surface area contributed by atoms with Crippen LogP contribution in [0, 0.1) is 13.8 Å². The molecule has 0 amide bonds. The predicted molar refractivity (Wildman–Crippen MR) is 83.4 cm³/mol. The van der Waals surface area contributed by atoms with Crippen molar-refractivity contribution in [1.82, 2.24) is 14.1 Å². The van der Waals surface area contributed by atoms with Crippen LogP contribution in [0.2, 0.25) is 0 Å². The molecular formula is C12H16BrN3O2S2. The van der Waals surface area contributed by atoms with E-state index in [0.717, 1.165) is 9.35 Å². The lowest BCUT2D eigenvalue weighted by atomic mass is 10.3. The lowest BCUT2D eigenvalue weighted by molar-refractivity contribution is 0.466. The molecule has 20 heavy (non-hydrogen) atoms. The standard InChI is InChI=1S/C12H16BrN3O2S2/c1-8-12(9(2)16(4)14-8)20(17,18)15(3)6-10-5-11(13)19-7-10/h5,7H,6H2,1-4H3. The molecule has 0 bridgehead atoms. The molecule has 0 aliphatic rings. The quantitative estimate of drug-likeness (QED) is 0.822. The highest BCUT2D eigenvalue weighted by Gasteiger charge is 2.28. The summed E-state index contributed by atoms with van der Waals surface area (Å²) in [7, 11) is -0.192. The lowest BCUT2D eigenvalue weighted by Gasteiger charge is -2.16. The van der Waals surface area contributed by atoms with Crippen molar-refractivity contribution in [3.05, 3.63) is 32.2 Å². The second kappa shape index (κ2) is 5.59. The van der Waals surface area contributed by atoms with Gasteiger partial charge in [0.25, 0.3) is 0 Å². The summed E-state index contributed by atoms with van der Waals surface area (Å²) in [4.78, 5) is 0.303. The van der Waals surface area contributed by atoms with Gasteiger partial charge in [0, 0.05) is 20.6 Å². The number of halogens is 1. The van der Waals surface area contributed by atoms with Crippen LogP contribution >= 0.6 is 27.3 Å². The average molecular weight is 378 g/mol. The maximum atomic E-state index is 12.7. The van der Waals surface area contributed by atoms with Crippen molar-refractivity contribution in [1.29, 1.82) is 0 Å². The fraction of sp³-hybridized carbons (Fsp3) is 0.417. The molecule has 110 valence electrons. The van der Waals surface area contributed by atoms with E-state index >= 15 is 0 Å². The van der Waals surface area contributed by atoms with Gasteiger partial charge >= 0.3 is 0 Å². The fourth-order valence-electron chi connectivity index (χ4n) is 2.05. The first-order valence-electron chi connectivity index (χ1n) is 5.93. The number of nitrogens with zero attached hydrogens (tertiary/aromatic N) is 3. The molecule has 2 aromatic rings. The smallest absolute Gasteiger partial charge is 0.246 e. The highest BCUT2D eigenvalue weighted by Crippen LogP contribution is 2.26. The van der Waals surface area contributed by atoms with Gasteiger partial charge in [-0.05, 0) is 46.8 Å². The summed E-state index contributed by atoms with van der Waals surface area (Å²) in [5.74, 6) is 0. The van der Waals surface area contributed by atoms with Crippen molar-refractivity contribution in [2.45, 2.75) is 25.3 Å². The SMILES string of the molecule is Cc1nn(C)c(C)c1S(=O)(=O)N(C)Cc1csc(Br)c1. The minimum Gasteiger partial charge on any atom is -0.271 e. The van der Waals surface area contributed by atoms with E-state index < -0.39 is 10.0 Å². The number of aryl methyl sites for hydroxylation is 2. The largest absolute Gasteiger partial charge is 0.271 e. The molecular weight excluding hydrogens is 362 g/mol. The van der Waals surface area contributed by atoms with Gasteiger partial charge in [-0.1, -0.05) is 0 Å². The van der Waals surface area contributed by atoms with E-state index in [1.807, 2.05) is 11.4 Å². The number of sulfonamides is 1. The van der Waals surface area contributed by atoms with Crippen LogP contribution in [0.25, 0.3) is 0 Å². The van der Waals surface area contributed by atoms with Crippen molar-refractivity contribution >= 4 is 37.3 Å². The summed E-state index contributed by atoms with van der Waals surface area (Å²) in [6.45, 7) is 3.83. The van der Waals surface area contributed by atoms with Gasteiger partial charge in [0.15, 0.2) is 0 Å². The zero-order valence-electron chi connectivity index (χ0n) is 11.7. The molecule has 0 radical (unpaired) electrons. The predicted octanol–water partition coefficient (Wildman–Crippen LogP) is 2.68. The Bertz CT molecular complexity index is 734. The van der Waals surface area contributed by atoms with Gasteiger partial charge in [-0.3, -0.25) is 4.68 Å². The van der Waals surface area contributed by atoms with Crippen LogP contribution in [-0.2, 0) is 23.6 Å². The molecule has 0 fully saturated rings. The van der Waals surface area contributed by atoms with Crippen LogP contribution in [0.4, 0.5) is 0 Å². The first-order chi connectivity index (χ1) is 9.23. The van der Waals surface area contributed by atoms with Crippen molar-refractivity contribution in [2.75, 3.05) is 7.05 Å².